The molecular formula is C15H13Cl2N3OS. The molecule has 0 fully saturated rings. The minimum Gasteiger partial charge on any atom is -0.496 e. The molecule has 0 saturated heterocycles. The SMILES string of the molecule is COc1ccccc1/C=N/NC(=S)Nc1cc(Cl)cc(Cl)c1. The van der Waals surface area contributed by atoms with Gasteiger partial charge in [-0.15, -0.1) is 0 Å². The minimum absolute atomic E-state index is 0.324. The number of nitrogens with zero attached hydrogens (tertiary/aromatic N) is 1. The summed E-state index contributed by atoms with van der Waals surface area (Å²) in [5.74, 6) is 0.730. The zero-order valence-electron chi connectivity index (χ0n) is 11.6. The van der Waals surface area contributed by atoms with E-state index in [1.54, 1.807) is 31.5 Å². The second kappa shape index (κ2) is 7.98. The van der Waals surface area contributed by atoms with E-state index in [1.807, 2.05) is 24.3 Å². The third-order valence-electron chi connectivity index (χ3n) is 2.63. The Hall–Kier alpha value is -1.82. The molecule has 0 bridgehead atoms. The Kier molecular flexibility index (Phi) is 6.00. The van der Waals surface area contributed by atoms with Gasteiger partial charge < -0.3 is 10.1 Å². The van der Waals surface area contributed by atoms with Gasteiger partial charge in [-0.25, -0.2) is 0 Å². The second-order valence-electron chi connectivity index (χ2n) is 4.22. The number of halogens is 2. The van der Waals surface area contributed by atoms with Crippen molar-refractivity contribution in [3.05, 3.63) is 58.1 Å². The number of hydrazone groups is 1. The van der Waals surface area contributed by atoms with Crippen molar-refractivity contribution in [1.82, 2.24) is 5.43 Å². The van der Waals surface area contributed by atoms with E-state index in [-0.39, 0.29) is 0 Å². The highest BCUT2D eigenvalue weighted by Crippen LogP contribution is 2.22. The molecule has 22 heavy (non-hydrogen) atoms. The first kappa shape index (κ1) is 16.5. The van der Waals surface area contributed by atoms with Gasteiger partial charge in [-0.2, -0.15) is 5.10 Å². The van der Waals surface area contributed by atoms with E-state index in [2.05, 4.69) is 15.8 Å². The summed E-state index contributed by atoms with van der Waals surface area (Å²) in [7, 11) is 1.61. The van der Waals surface area contributed by atoms with Crippen LogP contribution in [0.5, 0.6) is 5.75 Å². The number of methoxy groups -OCH3 is 1. The first-order valence-corrected chi connectivity index (χ1v) is 7.44. The quantitative estimate of drug-likeness (QED) is 0.488. The molecule has 0 aliphatic rings. The molecule has 0 heterocycles. The molecule has 2 N–H and O–H groups in total. The molecule has 2 aromatic rings. The van der Waals surface area contributed by atoms with Gasteiger partial charge in [0.05, 0.1) is 13.3 Å². The van der Waals surface area contributed by atoms with Crippen LogP contribution in [-0.4, -0.2) is 18.4 Å². The Bertz CT molecular complexity index is 687. The third kappa shape index (κ3) is 4.87. The predicted molar refractivity (Wildman–Crippen MR) is 96.4 cm³/mol. The molecule has 0 amide bonds. The van der Waals surface area contributed by atoms with Gasteiger partial charge in [-0.1, -0.05) is 35.3 Å². The fourth-order valence-electron chi connectivity index (χ4n) is 1.72. The van der Waals surface area contributed by atoms with E-state index in [0.29, 0.717) is 20.8 Å². The number of ether oxygens (including phenoxy) is 1. The lowest BCUT2D eigenvalue weighted by Gasteiger charge is -2.08. The highest BCUT2D eigenvalue weighted by Gasteiger charge is 2.01. The Labute approximate surface area is 144 Å². The van der Waals surface area contributed by atoms with Crippen molar-refractivity contribution in [3.63, 3.8) is 0 Å². The molecule has 0 spiro atoms. The van der Waals surface area contributed by atoms with Crippen LogP contribution in [0.15, 0.2) is 47.6 Å². The largest absolute Gasteiger partial charge is 0.496 e. The third-order valence-corrected chi connectivity index (χ3v) is 3.26. The summed E-state index contributed by atoms with van der Waals surface area (Å²) in [4.78, 5) is 0. The van der Waals surface area contributed by atoms with Crippen LogP contribution in [0.1, 0.15) is 5.56 Å². The monoisotopic (exact) mass is 353 g/mol. The van der Waals surface area contributed by atoms with Crippen molar-refractivity contribution >= 4 is 52.4 Å². The lowest BCUT2D eigenvalue weighted by atomic mass is 10.2. The first-order chi connectivity index (χ1) is 10.6. The molecule has 114 valence electrons. The standard InChI is InChI=1S/C15H13Cl2N3OS/c1-21-14-5-3-2-4-10(14)9-18-20-15(22)19-13-7-11(16)6-12(17)8-13/h2-9H,1H3,(H2,19,20,22)/b18-9+. The number of benzene rings is 2. The maximum absolute atomic E-state index is 5.92. The average Bonchev–Trinajstić information content (AvgIpc) is 2.46. The lowest BCUT2D eigenvalue weighted by Crippen LogP contribution is -2.23. The maximum atomic E-state index is 5.92. The molecule has 0 aromatic heterocycles. The molecule has 0 aliphatic carbocycles. The van der Waals surface area contributed by atoms with Gasteiger partial charge in [0.25, 0.3) is 0 Å². The van der Waals surface area contributed by atoms with Crippen LogP contribution in [0, 0.1) is 0 Å². The van der Waals surface area contributed by atoms with Crippen molar-refractivity contribution in [2.45, 2.75) is 0 Å². The number of hydrogen-bond acceptors (Lipinski definition) is 3. The summed E-state index contributed by atoms with van der Waals surface area (Å²) in [5, 5.41) is 8.38. The van der Waals surface area contributed by atoms with Crippen LogP contribution >= 0.6 is 35.4 Å². The molecule has 0 atom stereocenters. The van der Waals surface area contributed by atoms with E-state index in [4.69, 9.17) is 40.2 Å². The fraction of sp³-hybridized carbons (Fsp3) is 0.0667. The van der Waals surface area contributed by atoms with Crippen molar-refractivity contribution < 1.29 is 4.74 Å². The van der Waals surface area contributed by atoms with Crippen molar-refractivity contribution in [1.29, 1.82) is 0 Å². The molecule has 0 radical (unpaired) electrons. The van der Waals surface area contributed by atoms with Gasteiger partial charge in [0, 0.05) is 21.3 Å². The van der Waals surface area contributed by atoms with E-state index in [1.165, 1.54) is 0 Å². The minimum atomic E-state index is 0.324. The highest BCUT2D eigenvalue weighted by atomic mass is 35.5. The van der Waals surface area contributed by atoms with Crippen LogP contribution in [-0.2, 0) is 0 Å². The molecule has 2 rings (SSSR count). The summed E-state index contributed by atoms with van der Waals surface area (Å²) in [6, 6.07) is 12.6. The van der Waals surface area contributed by atoms with Crippen molar-refractivity contribution in [2.75, 3.05) is 12.4 Å². The smallest absolute Gasteiger partial charge is 0.191 e. The molecule has 2 aromatic carbocycles. The predicted octanol–water partition coefficient (Wildman–Crippen LogP) is 4.32. The van der Waals surface area contributed by atoms with Gasteiger partial charge in [0.2, 0.25) is 0 Å². The normalized spacial score (nSPS) is 10.5. The van der Waals surface area contributed by atoms with Crippen LogP contribution in [0.25, 0.3) is 0 Å². The Morgan fingerprint density at radius 3 is 2.55 bits per heavy atom. The van der Waals surface area contributed by atoms with Crippen LogP contribution in [0.2, 0.25) is 10.0 Å². The van der Waals surface area contributed by atoms with E-state index < -0.39 is 0 Å². The van der Waals surface area contributed by atoms with Crippen molar-refractivity contribution in [2.24, 2.45) is 5.10 Å². The number of rotatable bonds is 4. The summed E-state index contributed by atoms with van der Waals surface area (Å²) < 4.78 is 5.23. The number of nitrogens with one attached hydrogen (secondary N) is 2. The fourth-order valence-corrected chi connectivity index (χ4v) is 2.42. The van der Waals surface area contributed by atoms with Gasteiger partial charge >= 0.3 is 0 Å². The van der Waals surface area contributed by atoms with Crippen LogP contribution in [0.4, 0.5) is 5.69 Å². The Morgan fingerprint density at radius 1 is 1.18 bits per heavy atom. The molecule has 0 unspecified atom stereocenters. The van der Waals surface area contributed by atoms with Crippen molar-refractivity contribution in [3.8, 4) is 5.75 Å². The Morgan fingerprint density at radius 2 is 1.86 bits per heavy atom. The molecule has 7 heteroatoms. The summed E-state index contributed by atoms with van der Waals surface area (Å²) in [6.45, 7) is 0. The zero-order chi connectivity index (χ0) is 15.9. The second-order valence-corrected chi connectivity index (χ2v) is 5.51. The van der Waals surface area contributed by atoms with Crippen LogP contribution < -0.4 is 15.5 Å². The highest BCUT2D eigenvalue weighted by molar-refractivity contribution is 7.80. The topological polar surface area (TPSA) is 45.6 Å². The van der Waals surface area contributed by atoms with Gasteiger partial charge in [-0.05, 0) is 42.5 Å². The summed E-state index contributed by atoms with van der Waals surface area (Å²) in [6.07, 6.45) is 1.62. The van der Waals surface area contributed by atoms with Gasteiger partial charge in [0.1, 0.15) is 5.75 Å². The average molecular weight is 354 g/mol. The number of thiocarbonyl (C=S) groups is 1. The number of para-hydroxylation sites is 1. The van der Waals surface area contributed by atoms with Gasteiger partial charge in [-0.3, -0.25) is 5.43 Å². The van der Waals surface area contributed by atoms with E-state index in [0.717, 1.165) is 11.3 Å². The van der Waals surface area contributed by atoms with E-state index >= 15 is 0 Å². The Balaban J connectivity index is 1.96. The molecular weight excluding hydrogens is 341 g/mol. The van der Waals surface area contributed by atoms with E-state index in [9.17, 15) is 0 Å². The summed E-state index contributed by atoms with van der Waals surface area (Å²) in [5.41, 5.74) is 4.24. The van der Waals surface area contributed by atoms with Crippen LogP contribution in [0.3, 0.4) is 0 Å². The number of anilines is 1. The molecule has 4 nitrogen and oxygen atoms in total. The molecule has 0 saturated carbocycles. The summed E-state index contributed by atoms with van der Waals surface area (Å²) >= 11 is 17.0. The first-order valence-electron chi connectivity index (χ1n) is 6.27. The van der Waals surface area contributed by atoms with Gasteiger partial charge in [0.15, 0.2) is 5.11 Å². The maximum Gasteiger partial charge on any atom is 0.191 e. The lowest BCUT2D eigenvalue weighted by molar-refractivity contribution is 0.414. The zero-order valence-corrected chi connectivity index (χ0v) is 14.0. The molecule has 0 aliphatic heterocycles. The number of hydrogen-bond donors (Lipinski definition) is 2.